The second-order valence-electron chi connectivity index (χ2n) is 9.21. The third kappa shape index (κ3) is 7.71. The number of esters is 3. The molecule has 1 aliphatic heterocycles. The highest BCUT2D eigenvalue weighted by atomic mass is 35.5. The summed E-state index contributed by atoms with van der Waals surface area (Å²) in [5, 5.41) is 0.571. The SMILES string of the molecule is CCCC1OC(c2ccc(Cl)c(Cc3ccc(OCC)cc3)c2)C(OC(C)=O)C(OC(C)=O)C1OC(C)=O. The van der Waals surface area contributed by atoms with Crippen LogP contribution in [0.3, 0.4) is 0 Å². The molecule has 1 aliphatic rings. The summed E-state index contributed by atoms with van der Waals surface area (Å²) < 4.78 is 28.8. The first kappa shape index (κ1) is 29.5. The Hall–Kier alpha value is -3.10. The molecule has 0 N–H and O–H groups in total. The Morgan fingerprint density at radius 1 is 0.842 bits per heavy atom. The maximum atomic E-state index is 12.1. The molecule has 8 nitrogen and oxygen atoms in total. The summed E-state index contributed by atoms with van der Waals surface area (Å²) in [4.78, 5) is 36.2. The van der Waals surface area contributed by atoms with Crippen molar-refractivity contribution in [3.05, 3.63) is 64.2 Å². The molecule has 1 heterocycles. The van der Waals surface area contributed by atoms with Crippen LogP contribution >= 0.6 is 11.6 Å². The molecule has 0 amide bonds. The van der Waals surface area contributed by atoms with Crippen LogP contribution in [0.25, 0.3) is 0 Å². The zero-order valence-electron chi connectivity index (χ0n) is 22.4. The van der Waals surface area contributed by atoms with Gasteiger partial charge in [0, 0.05) is 25.8 Å². The number of rotatable bonds is 10. The number of carbonyl (C=O) groups is 3. The normalized spacial score (nSPS) is 22.8. The molecule has 2 aromatic rings. The molecule has 0 radical (unpaired) electrons. The maximum Gasteiger partial charge on any atom is 0.303 e. The number of ether oxygens (including phenoxy) is 5. The fourth-order valence-electron chi connectivity index (χ4n) is 4.68. The lowest BCUT2D eigenvalue weighted by Gasteiger charge is -2.45. The Kier molecular flexibility index (Phi) is 10.6. The Bertz CT molecular complexity index is 1120. The van der Waals surface area contributed by atoms with Gasteiger partial charge in [-0.1, -0.05) is 49.2 Å². The number of carbonyl (C=O) groups excluding carboxylic acids is 3. The number of halogens is 1. The summed E-state index contributed by atoms with van der Waals surface area (Å²) in [5.74, 6) is -0.940. The quantitative estimate of drug-likeness (QED) is 0.290. The van der Waals surface area contributed by atoms with E-state index in [-0.39, 0.29) is 0 Å². The zero-order valence-corrected chi connectivity index (χ0v) is 23.2. The molecule has 9 heteroatoms. The third-order valence-corrected chi connectivity index (χ3v) is 6.51. The van der Waals surface area contributed by atoms with Gasteiger partial charge in [0.15, 0.2) is 18.3 Å². The molecule has 0 saturated carbocycles. The van der Waals surface area contributed by atoms with E-state index in [0.717, 1.165) is 23.3 Å². The Morgan fingerprint density at radius 3 is 2.03 bits per heavy atom. The van der Waals surface area contributed by atoms with Gasteiger partial charge in [-0.2, -0.15) is 0 Å². The number of hydrogen-bond donors (Lipinski definition) is 0. The predicted octanol–water partition coefficient (Wildman–Crippen LogP) is 5.36. The third-order valence-electron chi connectivity index (χ3n) is 6.14. The van der Waals surface area contributed by atoms with Crippen molar-refractivity contribution in [3.63, 3.8) is 0 Å². The van der Waals surface area contributed by atoms with Crippen molar-refractivity contribution in [2.45, 2.75) is 84.4 Å². The molecule has 0 aromatic heterocycles. The molecule has 1 saturated heterocycles. The minimum Gasteiger partial charge on any atom is -0.494 e. The van der Waals surface area contributed by atoms with E-state index < -0.39 is 48.4 Å². The van der Waals surface area contributed by atoms with Gasteiger partial charge < -0.3 is 23.7 Å². The van der Waals surface area contributed by atoms with E-state index in [1.807, 2.05) is 44.2 Å². The van der Waals surface area contributed by atoms with Gasteiger partial charge in [0.25, 0.3) is 0 Å². The minimum absolute atomic E-state index is 0.533. The van der Waals surface area contributed by atoms with Crippen molar-refractivity contribution < 1.29 is 38.1 Å². The topological polar surface area (TPSA) is 97.4 Å². The van der Waals surface area contributed by atoms with Crippen LogP contribution < -0.4 is 4.74 Å². The van der Waals surface area contributed by atoms with Gasteiger partial charge in [-0.3, -0.25) is 14.4 Å². The number of hydrogen-bond acceptors (Lipinski definition) is 8. The molecular weight excluding hydrogens is 512 g/mol. The van der Waals surface area contributed by atoms with Gasteiger partial charge in [0.05, 0.1) is 12.7 Å². The average Bonchev–Trinajstić information content (AvgIpc) is 2.84. The molecule has 2 aromatic carbocycles. The summed E-state index contributed by atoms with van der Waals surface area (Å²) in [6, 6.07) is 13.2. The second kappa shape index (κ2) is 13.6. The Labute approximate surface area is 228 Å². The Balaban J connectivity index is 2.01. The van der Waals surface area contributed by atoms with E-state index >= 15 is 0 Å². The molecule has 206 valence electrons. The second-order valence-corrected chi connectivity index (χ2v) is 9.62. The first-order valence-corrected chi connectivity index (χ1v) is 13.2. The maximum absolute atomic E-state index is 12.1. The summed E-state index contributed by atoms with van der Waals surface area (Å²) in [7, 11) is 0. The predicted molar refractivity (Wildman–Crippen MR) is 141 cm³/mol. The molecule has 3 rings (SSSR count). The summed E-state index contributed by atoms with van der Waals surface area (Å²) in [6.07, 6.45) is -2.61. The van der Waals surface area contributed by atoms with E-state index in [9.17, 15) is 14.4 Å². The summed E-state index contributed by atoms with van der Waals surface area (Å²) in [6.45, 7) is 8.28. The molecule has 0 bridgehead atoms. The fraction of sp³-hybridized carbons (Fsp3) is 0.483. The molecule has 0 aliphatic carbocycles. The van der Waals surface area contributed by atoms with Gasteiger partial charge in [0.2, 0.25) is 0 Å². The van der Waals surface area contributed by atoms with Gasteiger partial charge in [-0.15, -0.1) is 0 Å². The fourth-order valence-corrected chi connectivity index (χ4v) is 4.86. The van der Waals surface area contributed by atoms with Crippen LogP contribution in [-0.2, 0) is 39.8 Å². The van der Waals surface area contributed by atoms with Crippen molar-refractivity contribution >= 4 is 29.5 Å². The first-order chi connectivity index (χ1) is 18.1. The standard InChI is InChI=1S/C29H35ClO8/c1-6-8-25-27(35-17(3)31)29(37-19(5)33)28(36-18(4)32)26(38-25)21-11-14-24(30)22(16-21)15-20-9-12-23(13-10-20)34-7-2/h9-14,16,25-29H,6-8,15H2,1-5H3. The lowest BCUT2D eigenvalue weighted by molar-refractivity contribution is -0.249. The van der Waals surface area contributed by atoms with Crippen LogP contribution in [0, 0.1) is 0 Å². The Morgan fingerprint density at radius 2 is 1.45 bits per heavy atom. The van der Waals surface area contributed by atoms with Crippen molar-refractivity contribution in [1.29, 1.82) is 0 Å². The van der Waals surface area contributed by atoms with E-state index in [4.69, 9.17) is 35.3 Å². The zero-order chi connectivity index (χ0) is 27.8. The van der Waals surface area contributed by atoms with Crippen LogP contribution in [0.2, 0.25) is 5.02 Å². The smallest absolute Gasteiger partial charge is 0.303 e. The molecule has 5 unspecified atom stereocenters. The van der Waals surface area contributed by atoms with Crippen LogP contribution in [0.1, 0.15) is 70.3 Å². The molecule has 5 atom stereocenters. The van der Waals surface area contributed by atoms with Gasteiger partial charge >= 0.3 is 17.9 Å². The summed E-state index contributed by atoms with van der Waals surface area (Å²) in [5.41, 5.74) is 2.57. The lowest BCUT2D eigenvalue weighted by atomic mass is 9.88. The van der Waals surface area contributed by atoms with Crippen molar-refractivity contribution in [1.82, 2.24) is 0 Å². The van der Waals surface area contributed by atoms with Crippen molar-refractivity contribution in [3.8, 4) is 5.75 Å². The minimum atomic E-state index is -1.05. The van der Waals surface area contributed by atoms with E-state index in [1.54, 1.807) is 12.1 Å². The van der Waals surface area contributed by atoms with Crippen LogP contribution in [0.15, 0.2) is 42.5 Å². The highest BCUT2D eigenvalue weighted by Gasteiger charge is 2.51. The molecule has 0 spiro atoms. The van der Waals surface area contributed by atoms with Gasteiger partial charge in [0.1, 0.15) is 11.9 Å². The van der Waals surface area contributed by atoms with Gasteiger partial charge in [-0.25, -0.2) is 0 Å². The highest BCUT2D eigenvalue weighted by Crippen LogP contribution is 2.40. The van der Waals surface area contributed by atoms with E-state index in [0.29, 0.717) is 30.0 Å². The lowest BCUT2D eigenvalue weighted by Crippen LogP contribution is -2.58. The molecular formula is C29H35ClO8. The first-order valence-electron chi connectivity index (χ1n) is 12.8. The highest BCUT2D eigenvalue weighted by molar-refractivity contribution is 6.31. The van der Waals surface area contributed by atoms with Crippen LogP contribution in [0.4, 0.5) is 0 Å². The van der Waals surface area contributed by atoms with Crippen LogP contribution in [0.5, 0.6) is 5.75 Å². The molecule has 38 heavy (non-hydrogen) atoms. The van der Waals surface area contributed by atoms with Crippen LogP contribution in [-0.4, -0.2) is 48.9 Å². The number of benzene rings is 2. The van der Waals surface area contributed by atoms with Crippen molar-refractivity contribution in [2.24, 2.45) is 0 Å². The van der Waals surface area contributed by atoms with E-state index in [2.05, 4.69) is 0 Å². The summed E-state index contributed by atoms with van der Waals surface area (Å²) >= 11 is 6.57. The largest absolute Gasteiger partial charge is 0.494 e. The molecule has 1 fully saturated rings. The monoisotopic (exact) mass is 546 g/mol. The van der Waals surface area contributed by atoms with Crippen molar-refractivity contribution in [2.75, 3.05) is 6.61 Å². The van der Waals surface area contributed by atoms with Gasteiger partial charge in [-0.05, 0) is 54.7 Å². The van der Waals surface area contributed by atoms with E-state index in [1.165, 1.54) is 20.8 Å². The average molecular weight is 547 g/mol.